The number of anilines is 1. The second-order valence-electron chi connectivity index (χ2n) is 8.08. The van der Waals surface area contributed by atoms with Crippen LogP contribution in [0, 0.1) is 13.8 Å². The lowest BCUT2D eigenvalue weighted by molar-refractivity contribution is -0.119. The van der Waals surface area contributed by atoms with Crippen molar-refractivity contribution in [1.29, 1.82) is 0 Å². The number of hydrogen-bond acceptors (Lipinski definition) is 4. The molecular weight excluding hydrogens is 378 g/mol. The molecule has 156 valence electrons. The van der Waals surface area contributed by atoms with Crippen LogP contribution in [-0.4, -0.2) is 25.9 Å². The maximum absolute atomic E-state index is 13.4. The lowest BCUT2D eigenvalue weighted by Gasteiger charge is -2.38. The average Bonchev–Trinajstić information content (AvgIpc) is 2.72. The second kappa shape index (κ2) is 7.98. The Morgan fingerprint density at radius 1 is 0.933 bits per heavy atom. The molecule has 30 heavy (non-hydrogen) atoms. The molecule has 0 bridgehead atoms. The third kappa shape index (κ3) is 3.49. The van der Waals surface area contributed by atoms with Gasteiger partial charge in [-0.15, -0.1) is 0 Å². The monoisotopic (exact) mass is 405 g/mol. The van der Waals surface area contributed by atoms with Crippen molar-refractivity contribution in [3.8, 4) is 11.5 Å². The predicted octanol–water partition coefficient (Wildman–Crippen LogP) is 4.85. The van der Waals surface area contributed by atoms with Crippen LogP contribution in [0.3, 0.4) is 0 Å². The Morgan fingerprint density at radius 3 is 2.33 bits per heavy atom. The SMILES string of the molecule is COc1ccc(C2CC(=O)N(c3cc(C)cc(C)c3)C3=C2C(=O)CCC3)c(OC)c1. The highest BCUT2D eigenvalue weighted by Crippen LogP contribution is 2.46. The fourth-order valence-electron chi connectivity index (χ4n) is 4.74. The molecule has 2 aromatic rings. The van der Waals surface area contributed by atoms with Crippen LogP contribution >= 0.6 is 0 Å². The van der Waals surface area contributed by atoms with Crippen LogP contribution in [0.1, 0.15) is 48.3 Å². The molecule has 0 saturated carbocycles. The zero-order valence-electron chi connectivity index (χ0n) is 18.0. The number of Topliss-reactive ketones (excluding diaryl/α,β-unsaturated/α-hetero) is 1. The Morgan fingerprint density at radius 2 is 1.67 bits per heavy atom. The zero-order chi connectivity index (χ0) is 21.4. The van der Waals surface area contributed by atoms with Gasteiger partial charge in [0.15, 0.2) is 5.78 Å². The maximum atomic E-state index is 13.4. The summed E-state index contributed by atoms with van der Waals surface area (Å²) < 4.78 is 10.9. The molecule has 1 amide bonds. The van der Waals surface area contributed by atoms with Crippen molar-refractivity contribution in [2.24, 2.45) is 0 Å². The number of aryl methyl sites for hydroxylation is 2. The first-order valence-electron chi connectivity index (χ1n) is 10.3. The number of rotatable bonds is 4. The minimum atomic E-state index is -0.302. The summed E-state index contributed by atoms with van der Waals surface area (Å²) in [4.78, 5) is 28.3. The molecule has 4 rings (SSSR count). The van der Waals surface area contributed by atoms with Gasteiger partial charge in [0.05, 0.1) is 14.2 Å². The van der Waals surface area contributed by atoms with Crippen LogP contribution in [0.5, 0.6) is 11.5 Å². The summed E-state index contributed by atoms with van der Waals surface area (Å²) in [5.41, 5.74) is 5.50. The van der Waals surface area contributed by atoms with Gasteiger partial charge in [-0.05, 0) is 56.0 Å². The van der Waals surface area contributed by atoms with Crippen LogP contribution in [0.25, 0.3) is 0 Å². The molecule has 1 unspecified atom stereocenters. The number of allylic oxidation sites excluding steroid dienone is 2. The van der Waals surface area contributed by atoms with Crippen molar-refractivity contribution in [1.82, 2.24) is 0 Å². The Balaban J connectivity index is 1.88. The Hall–Kier alpha value is -3.08. The predicted molar refractivity (Wildman–Crippen MR) is 116 cm³/mol. The van der Waals surface area contributed by atoms with E-state index in [0.717, 1.165) is 46.5 Å². The van der Waals surface area contributed by atoms with Crippen molar-refractivity contribution in [3.63, 3.8) is 0 Å². The Bertz CT molecular complexity index is 1030. The summed E-state index contributed by atoms with van der Waals surface area (Å²) in [6.45, 7) is 4.05. The minimum absolute atomic E-state index is 0.0105. The van der Waals surface area contributed by atoms with Crippen molar-refractivity contribution < 1.29 is 19.1 Å². The summed E-state index contributed by atoms with van der Waals surface area (Å²) in [5, 5.41) is 0. The third-order valence-corrected chi connectivity index (χ3v) is 5.96. The first-order valence-corrected chi connectivity index (χ1v) is 10.3. The number of hydrogen-bond donors (Lipinski definition) is 0. The maximum Gasteiger partial charge on any atom is 0.232 e. The first-order chi connectivity index (χ1) is 14.4. The van der Waals surface area contributed by atoms with Gasteiger partial charge in [-0.3, -0.25) is 14.5 Å². The summed E-state index contributed by atoms with van der Waals surface area (Å²) in [5.74, 6) is 1.15. The molecule has 2 aromatic carbocycles. The Labute approximate surface area is 177 Å². The molecule has 1 aliphatic carbocycles. The van der Waals surface area contributed by atoms with Crippen molar-refractivity contribution in [2.45, 2.75) is 45.4 Å². The molecule has 0 fully saturated rings. The van der Waals surface area contributed by atoms with E-state index in [0.29, 0.717) is 17.9 Å². The van der Waals surface area contributed by atoms with Gasteiger partial charge >= 0.3 is 0 Å². The minimum Gasteiger partial charge on any atom is -0.497 e. The van der Waals surface area contributed by atoms with Gasteiger partial charge in [0, 0.05) is 47.3 Å². The highest BCUT2D eigenvalue weighted by atomic mass is 16.5. The van der Waals surface area contributed by atoms with E-state index in [4.69, 9.17) is 9.47 Å². The van der Waals surface area contributed by atoms with E-state index in [2.05, 4.69) is 6.07 Å². The molecule has 5 nitrogen and oxygen atoms in total. The summed E-state index contributed by atoms with van der Waals surface area (Å²) >= 11 is 0. The third-order valence-electron chi connectivity index (χ3n) is 5.96. The van der Waals surface area contributed by atoms with Gasteiger partial charge in [0.1, 0.15) is 11.5 Å². The molecule has 0 radical (unpaired) electrons. The van der Waals surface area contributed by atoms with Gasteiger partial charge in [0.25, 0.3) is 0 Å². The largest absolute Gasteiger partial charge is 0.497 e. The van der Waals surface area contributed by atoms with E-state index < -0.39 is 0 Å². The number of amides is 1. The van der Waals surface area contributed by atoms with Crippen molar-refractivity contribution in [3.05, 3.63) is 64.4 Å². The Kier molecular flexibility index (Phi) is 5.37. The first kappa shape index (κ1) is 20.2. The van der Waals surface area contributed by atoms with Crippen LogP contribution in [-0.2, 0) is 9.59 Å². The lowest BCUT2D eigenvalue weighted by atomic mass is 9.76. The van der Waals surface area contributed by atoms with E-state index >= 15 is 0 Å². The number of methoxy groups -OCH3 is 2. The van der Waals surface area contributed by atoms with Crippen LogP contribution in [0.4, 0.5) is 5.69 Å². The van der Waals surface area contributed by atoms with Gasteiger partial charge in [-0.2, -0.15) is 0 Å². The number of ether oxygens (including phenoxy) is 2. The number of carbonyl (C=O) groups is 2. The van der Waals surface area contributed by atoms with E-state index in [9.17, 15) is 9.59 Å². The van der Waals surface area contributed by atoms with Gasteiger partial charge in [-0.25, -0.2) is 0 Å². The van der Waals surface area contributed by atoms with Gasteiger partial charge in [0.2, 0.25) is 5.91 Å². The standard InChI is InChI=1S/C25H27NO4/c1-15-10-16(2)12-17(11-15)26-21-6-5-7-22(27)25(21)20(14-24(26)28)19-9-8-18(29-3)13-23(19)30-4/h8-13,20H,5-7,14H2,1-4H3. The number of ketones is 1. The number of benzene rings is 2. The van der Waals surface area contributed by atoms with Crippen molar-refractivity contribution >= 4 is 17.4 Å². The lowest BCUT2D eigenvalue weighted by Crippen LogP contribution is -2.40. The molecule has 0 spiro atoms. The molecular formula is C25H27NO4. The molecule has 0 aromatic heterocycles. The molecule has 1 aliphatic heterocycles. The second-order valence-corrected chi connectivity index (χ2v) is 8.08. The summed E-state index contributed by atoms with van der Waals surface area (Å²) in [7, 11) is 3.20. The van der Waals surface area contributed by atoms with E-state index in [1.54, 1.807) is 19.1 Å². The number of carbonyl (C=O) groups excluding carboxylic acids is 2. The zero-order valence-corrected chi connectivity index (χ0v) is 18.0. The highest BCUT2D eigenvalue weighted by Gasteiger charge is 2.40. The van der Waals surface area contributed by atoms with Crippen LogP contribution in [0.15, 0.2) is 47.7 Å². The molecule has 0 N–H and O–H groups in total. The topological polar surface area (TPSA) is 55.8 Å². The molecule has 5 heteroatoms. The smallest absolute Gasteiger partial charge is 0.232 e. The molecule has 0 saturated heterocycles. The average molecular weight is 405 g/mol. The fourth-order valence-corrected chi connectivity index (χ4v) is 4.74. The normalized spacial score (nSPS) is 19.1. The molecule has 2 aliphatic rings. The summed E-state index contributed by atoms with van der Waals surface area (Å²) in [6.07, 6.45) is 2.23. The van der Waals surface area contributed by atoms with E-state index in [1.165, 1.54) is 0 Å². The van der Waals surface area contributed by atoms with E-state index in [1.807, 2.05) is 44.2 Å². The number of nitrogens with zero attached hydrogens (tertiary/aromatic N) is 1. The highest BCUT2D eigenvalue weighted by molar-refractivity contribution is 6.07. The molecule has 1 atom stereocenters. The van der Waals surface area contributed by atoms with Gasteiger partial charge < -0.3 is 9.47 Å². The molecule has 1 heterocycles. The summed E-state index contributed by atoms with van der Waals surface area (Å²) in [6, 6.07) is 11.7. The van der Waals surface area contributed by atoms with Crippen LogP contribution < -0.4 is 14.4 Å². The quantitative estimate of drug-likeness (QED) is 0.730. The van der Waals surface area contributed by atoms with Crippen molar-refractivity contribution in [2.75, 3.05) is 19.1 Å². The fraction of sp³-hybridized carbons (Fsp3) is 0.360. The van der Waals surface area contributed by atoms with Crippen LogP contribution in [0.2, 0.25) is 0 Å². The van der Waals surface area contributed by atoms with Gasteiger partial charge in [-0.1, -0.05) is 12.1 Å². The van der Waals surface area contributed by atoms with E-state index in [-0.39, 0.29) is 24.0 Å².